The molecule has 0 saturated heterocycles. The minimum absolute atomic E-state index is 0.0290. The molecule has 1 unspecified atom stereocenters. The zero-order chi connectivity index (χ0) is 9.84. The Kier molecular flexibility index (Phi) is 4.00. The van der Waals surface area contributed by atoms with E-state index in [-0.39, 0.29) is 6.04 Å². The van der Waals surface area contributed by atoms with Gasteiger partial charge in [-0.1, -0.05) is 26.7 Å². The standard InChI is InChI=1S/C10H16BrNO/c1-3-7(4-2)10(12)8-5-6-9(11)13-8/h5-7,10H,3-4,12H2,1-2H3. The average molecular weight is 246 g/mol. The normalized spacial score (nSPS) is 13.6. The van der Waals surface area contributed by atoms with Crippen LogP contribution in [0, 0.1) is 5.92 Å². The first kappa shape index (κ1) is 10.8. The Morgan fingerprint density at radius 2 is 2.00 bits per heavy atom. The molecule has 74 valence electrons. The van der Waals surface area contributed by atoms with Gasteiger partial charge in [-0.05, 0) is 34.0 Å². The lowest BCUT2D eigenvalue weighted by molar-refractivity contribution is 0.341. The maximum absolute atomic E-state index is 6.06. The lowest BCUT2D eigenvalue weighted by atomic mass is 9.93. The largest absolute Gasteiger partial charge is 0.453 e. The van der Waals surface area contributed by atoms with E-state index in [1.165, 1.54) is 0 Å². The minimum atomic E-state index is 0.0290. The molecule has 2 nitrogen and oxygen atoms in total. The van der Waals surface area contributed by atoms with Crippen LogP contribution in [-0.4, -0.2) is 0 Å². The Balaban J connectivity index is 2.71. The first-order valence-corrected chi connectivity index (χ1v) is 5.49. The molecular weight excluding hydrogens is 230 g/mol. The topological polar surface area (TPSA) is 39.2 Å². The Labute approximate surface area is 87.6 Å². The summed E-state index contributed by atoms with van der Waals surface area (Å²) in [6, 6.07) is 3.85. The highest BCUT2D eigenvalue weighted by Gasteiger charge is 2.18. The van der Waals surface area contributed by atoms with Gasteiger partial charge in [0.15, 0.2) is 4.67 Å². The van der Waals surface area contributed by atoms with Crippen LogP contribution in [0.4, 0.5) is 0 Å². The minimum Gasteiger partial charge on any atom is -0.453 e. The summed E-state index contributed by atoms with van der Waals surface area (Å²) in [5.41, 5.74) is 6.06. The fourth-order valence-corrected chi connectivity index (χ4v) is 1.86. The molecule has 3 heteroatoms. The SMILES string of the molecule is CCC(CC)C(N)c1ccc(Br)o1. The van der Waals surface area contributed by atoms with Gasteiger partial charge in [-0.2, -0.15) is 0 Å². The van der Waals surface area contributed by atoms with Gasteiger partial charge in [0, 0.05) is 0 Å². The monoisotopic (exact) mass is 245 g/mol. The highest BCUT2D eigenvalue weighted by Crippen LogP contribution is 2.27. The zero-order valence-corrected chi connectivity index (χ0v) is 9.67. The second-order valence-corrected chi connectivity index (χ2v) is 4.03. The molecular formula is C10H16BrNO. The Hall–Kier alpha value is -0.280. The van der Waals surface area contributed by atoms with Gasteiger partial charge >= 0.3 is 0 Å². The van der Waals surface area contributed by atoms with E-state index in [1.807, 2.05) is 12.1 Å². The van der Waals surface area contributed by atoms with Crippen molar-refractivity contribution in [3.63, 3.8) is 0 Å². The highest BCUT2D eigenvalue weighted by molar-refractivity contribution is 9.10. The number of hydrogen-bond acceptors (Lipinski definition) is 2. The average Bonchev–Trinajstić information content (AvgIpc) is 2.54. The van der Waals surface area contributed by atoms with Gasteiger partial charge in [0.2, 0.25) is 0 Å². The summed E-state index contributed by atoms with van der Waals surface area (Å²) in [4.78, 5) is 0. The van der Waals surface area contributed by atoms with Crippen molar-refractivity contribution in [3.05, 3.63) is 22.6 Å². The van der Waals surface area contributed by atoms with Crippen LogP contribution in [0.2, 0.25) is 0 Å². The van der Waals surface area contributed by atoms with Gasteiger partial charge in [-0.15, -0.1) is 0 Å². The molecule has 1 aromatic rings. The van der Waals surface area contributed by atoms with Gasteiger partial charge in [0.1, 0.15) is 5.76 Å². The van der Waals surface area contributed by atoms with E-state index in [0.29, 0.717) is 5.92 Å². The molecule has 0 spiro atoms. The fraction of sp³-hybridized carbons (Fsp3) is 0.600. The molecule has 0 bridgehead atoms. The van der Waals surface area contributed by atoms with E-state index < -0.39 is 0 Å². The van der Waals surface area contributed by atoms with E-state index in [9.17, 15) is 0 Å². The van der Waals surface area contributed by atoms with Gasteiger partial charge in [0.05, 0.1) is 6.04 Å². The molecule has 0 aliphatic heterocycles. The zero-order valence-electron chi connectivity index (χ0n) is 8.09. The maximum atomic E-state index is 6.06. The quantitative estimate of drug-likeness (QED) is 0.883. The first-order chi connectivity index (χ1) is 6.19. The molecule has 0 radical (unpaired) electrons. The number of halogens is 1. The van der Waals surface area contributed by atoms with Gasteiger partial charge in [-0.3, -0.25) is 0 Å². The van der Waals surface area contributed by atoms with Gasteiger partial charge in [-0.25, -0.2) is 0 Å². The number of nitrogens with two attached hydrogens (primary N) is 1. The lowest BCUT2D eigenvalue weighted by Gasteiger charge is -2.18. The van der Waals surface area contributed by atoms with E-state index in [0.717, 1.165) is 23.3 Å². The van der Waals surface area contributed by atoms with Crippen molar-refractivity contribution >= 4 is 15.9 Å². The summed E-state index contributed by atoms with van der Waals surface area (Å²) in [7, 11) is 0. The number of hydrogen-bond donors (Lipinski definition) is 1. The number of furan rings is 1. The molecule has 1 atom stereocenters. The molecule has 2 N–H and O–H groups in total. The van der Waals surface area contributed by atoms with Gasteiger partial charge in [0.25, 0.3) is 0 Å². The maximum Gasteiger partial charge on any atom is 0.169 e. The molecule has 13 heavy (non-hydrogen) atoms. The number of rotatable bonds is 4. The summed E-state index contributed by atoms with van der Waals surface area (Å²) in [5.74, 6) is 1.39. The van der Waals surface area contributed by atoms with Crippen LogP contribution in [0.25, 0.3) is 0 Å². The van der Waals surface area contributed by atoms with Crippen LogP contribution in [0.3, 0.4) is 0 Å². The van der Waals surface area contributed by atoms with E-state index in [2.05, 4.69) is 29.8 Å². The smallest absolute Gasteiger partial charge is 0.169 e. The Morgan fingerprint density at radius 3 is 2.38 bits per heavy atom. The van der Waals surface area contributed by atoms with Crippen LogP contribution in [0.15, 0.2) is 21.2 Å². The van der Waals surface area contributed by atoms with E-state index in [4.69, 9.17) is 10.2 Å². The van der Waals surface area contributed by atoms with E-state index >= 15 is 0 Å². The summed E-state index contributed by atoms with van der Waals surface area (Å²) >= 11 is 3.27. The van der Waals surface area contributed by atoms with Crippen molar-refractivity contribution in [2.45, 2.75) is 32.7 Å². The fourth-order valence-electron chi connectivity index (χ4n) is 1.54. The van der Waals surface area contributed by atoms with Gasteiger partial charge < -0.3 is 10.2 Å². The van der Waals surface area contributed by atoms with E-state index in [1.54, 1.807) is 0 Å². The van der Waals surface area contributed by atoms with Crippen molar-refractivity contribution in [1.82, 2.24) is 0 Å². The molecule has 0 aromatic carbocycles. The predicted molar refractivity (Wildman–Crippen MR) is 57.4 cm³/mol. The van der Waals surface area contributed by atoms with Crippen molar-refractivity contribution in [3.8, 4) is 0 Å². The third-order valence-corrected chi connectivity index (χ3v) is 2.91. The molecule has 0 fully saturated rings. The van der Waals surface area contributed by atoms with Crippen molar-refractivity contribution in [1.29, 1.82) is 0 Å². The van der Waals surface area contributed by atoms with Crippen LogP contribution in [0.1, 0.15) is 38.5 Å². The second kappa shape index (κ2) is 4.82. The van der Waals surface area contributed by atoms with Crippen LogP contribution in [0.5, 0.6) is 0 Å². The predicted octanol–water partition coefficient (Wildman–Crippen LogP) is 3.48. The molecule has 1 aromatic heterocycles. The molecule has 0 aliphatic carbocycles. The van der Waals surface area contributed by atoms with Crippen LogP contribution in [-0.2, 0) is 0 Å². The first-order valence-electron chi connectivity index (χ1n) is 4.69. The highest BCUT2D eigenvalue weighted by atomic mass is 79.9. The summed E-state index contributed by atoms with van der Waals surface area (Å²) in [6.45, 7) is 4.32. The lowest BCUT2D eigenvalue weighted by Crippen LogP contribution is -2.19. The second-order valence-electron chi connectivity index (χ2n) is 3.24. The third-order valence-electron chi connectivity index (χ3n) is 2.48. The summed E-state index contributed by atoms with van der Waals surface area (Å²) < 4.78 is 6.18. The van der Waals surface area contributed by atoms with Crippen LogP contribution >= 0.6 is 15.9 Å². The molecule has 0 aliphatic rings. The van der Waals surface area contributed by atoms with Crippen molar-refractivity contribution in [2.24, 2.45) is 11.7 Å². The molecule has 0 amide bonds. The molecule has 1 heterocycles. The summed E-state index contributed by atoms with van der Waals surface area (Å²) in [6.07, 6.45) is 2.19. The van der Waals surface area contributed by atoms with Crippen LogP contribution < -0.4 is 5.73 Å². The molecule has 0 saturated carbocycles. The summed E-state index contributed by atoms with van der Waals surface area (Å²) in [5, 5.41) is 0. The van der Waals surface area contributed by atoms with Crippen molar-refractivity contribution < 1.29 is 4.42 Å². The molecule has 1 rings (SSSR count). The Morgan fingerprint density at radius 1 is 1.38 bits per heavy atom. The van der Waals surface area contributed by atoms with Crippen molar-refractivity contribution in [2.75, 3.05) is 0 Å². The Bertz CT molecular complexity index is 255. The third kappa shape index (κ3) is 2.58.